The van der Waals surface area contributed by atoms with E-state index in [0.717, 1.165) is 6.07 Å². The lowest BCUT2D eigenvalue weighted by molar-refractivity contribution is 0.0472. The van der Waals surface area contributed by atoms with Crippen LogP contribution in [-0.2, 0) is 21.4 Å². The Morgan fingerprint density at radius 2 is 1.86 bits per heavy atom. The van der Waals surface area contributed by atoms with Crippen LogP contribution in [0.3, 0.4) is 0 Å². The zero-order valence-corrected chi connectivity index (χ0v) is 18.0. The number of carbonyl (C=O) groups excluding carboxylic acids is 1. The number of hydrogen-bond donors (Lipinski definition) is 1. The molecule has 2 rings (SSSR count). The third kappa shape index (κ3) is 5.85. The molecular formula is C19H21Cl2NO5S. The molecule has 0 amide bonds. The van der Waals surface area contributed by atoms with Crippen LogP contribution in [0.5, 0.6) is 5.75 Å². The quantitative estimate of drug-likeness (QED) is 0.612. The van der Waals surface area contributed by atoms with E-state index in [2.05, 4.69) is 4.72 Å². The van der Waals surface area contributed by atoms with Crippen LogP contribution < -0.4 is 9.46 Å². The number of nitrogens with one attached hydrogen (secondary N) is 1. The fraction of sp³-hybridized carbons (Fsp3) is 0.316. The Balaban J connectivity index is 2.23. The highest BCUT2D eigenvalue weighted by Crippen LogP contribution is 2.29. The summed E-state index contributed by atoms with van der Waals surface area (Å²) < 4.78 is 37.8. The van der Waals surface area contributed by atoms with Crippen molar-refractivity contribution in [3.8, 4) is 5.75 Å². The van der Waals surface area contributed by atoms with Crippen molar-refractivity contribution in [2.45, 2.75) is 25.3 Å². The number of carbonyl (C=O) groups is 1. The third-order valence-corrected chi connectivity index (χ3v) is 5.92. The second-order valence-electron chi connectivity index (χ2n) is 6.44. The standard InChI is InChI=1S/C19H21Cl2NO5S/c1-12(2)10-22-28(24,25)18-8-15(16(20)9-17(18)21)19(23)27-11-13-5-4-6-14(7-13)26-3/h4-9,12,22H,10-11H2,1-3H3. The van der Waals surface area contributed by atoms with Crippen molar-refractivity contribution in [3.05, 3.63) is 57.6 Å². The van der Waals surface area contributed by atoms with Crippen molar-refractivity contribution in [1.29, 1.82) is 0 Å². The van der Waals surface area contributed by atoms with E-state index in [1.54, 1.807) is 24.3 Å². The molecule has 152 valence electrons. The van der Waals surface area contributed by atoms with Crippen molar-refractivity contribution in [2.24, 2.45) is 5.92 Å². The molecule has 1 N–H and O–H groups in total. The van der Waals surface area contributed by atoms with E-state index >= 15 is 0 Å². The van der Waals surface area contributed by atoms with E-state index in [1.165, 1.54) is 13.2 Å². The number of hydrogen-bond acceptors (Lipinski definition) is 5. The van der Waals surface area contributed by atoms with Gasteiger partial charge < -0.3 is 9.47 Å². The van der Waals surface area contributed by atoms with E-state index in [4.69, 9.17) is 32.7 Å². The molecule has 9 heteroatoms. The van der Waals surface area contributed by atoms with Gasteiger partial charge in [-0.1, -0.05) is 49.2 Å². The van der Waals surface area contributed by atoms with Gasteiger partial charge in [0.05, 0.1) is 22.7 Å². The van der Waals surface area contributed by atoms with Gasteiger partial charge in [-0.15, -0.1) is 0 Å². The zero-order valence-electron chi connectivity index (χ0n) is 15.7. The molecule has 0 aliphatic rings. The fourth-order valence-corrected chi connectivity index (χ4v) is 4.30. The normalized spacial score (nSPS) is 11.5. The second-order valence-corrected chi connectivity index (χ2v) is 8.99. The molecule has 0 aliphatic heterocycles. The Labute approximate surface area is 174 Å². The minimum Gasteiger partial charge on any atom is -0.497 e. The first-order chi connectivity index (χ1) is 13.1. The van der Waals surface area contributed by atoms with E-state index in [9.17, 15) is 13.2 Å². The van der Waals surface area contributed by atoms with Gasteiger partial charge in [-0.05, 0) is 35.7 Å². The van der Waals surface area contributed by atoms with Crippen LogP contribution in [0.1, 0.15) is 29.8 Å². The lowest BCUT2D eigenvalue weighted by Crippen LogP contribution is -2.28. The maximum atomic E-state index is 12.5. The predicted octanol–water partition coefficient (Wildman–Crippen LogP) is 4.29. The largest absolute Gasteiger partial charge is 0.497 e. The van der Waals surface area contributed by atoms with Crippen molar-refractivity contribution >= 4 is 39.2 Å². The average Bonchev–Trinajstić information content (AvgIpc) is 2.64. The van der Waals surface area contributed by atoms with Crippen LogP contribution in [0.25, 0.3) is 0 Å². The van der Waals surface area contributed by atoms with Gasteiger partial charge in [-0.25, -0.2) is 17.9 Å². The zero-order chi connectivity index (χ0) is 20.9. The topological polar surface area (TPSA) is 81.7 Å². The van der Waals surface area contributed by atoms with Gasteiger partial charge in [0.25, 0.3) is 0 Å². The van der Waals surface area contributed by atoms with E-state index < -0.39 is 16.0 Å². The first kappa shape index (κ1) is 22.5. The molecule has 28 heavy (non-hydrogen) atoms. The smallest absolute Gasteiger partial charge is 0.340 e. The Morgan fingerprint density at radius 1 is 1.14 bits per heavy atom. The van der Waals surface area contributed by atoms with Crippen LogP contribution >= 0.6 is 23.2 Å². The first-order valence-electron chi connectivity index (χ1n) is 8.42. The summed E-state index contributed by atoms with van der Waals surface area (Å²) in [4.78, 5) is 12.2. The Kier molecular flexibility index (Phi) is 7.71. The van der Waals surface area contributed by atoms with Crippen molar-refractivity contribution in [2.75, 3.05) is 13.7 Å². The minimum absolute atomic E-state index is 0.00320. The van der Waals surface area contributed by atoms with Crippen LogP contribution in [0.2, 0.25) is 10.0 Å². The highest BCUT2D eigenvalue weighted by Gasteiger charge is 2.23. The molecule has 0 saturated carbocycles. The lowest BCUT2D eigenvalue weighted by Gasteiger charge is -2.13. The lowest BCUT2D eigenvalue weighted by atomic mass is 10.2. The molecule has 0 spiro atoms. The number of methoxy groups -OCH3 is 1. The van der Waals surface area contributed by atoms with E-state index in [-0.39, 0.29) is 39.6 Å². The Bertz CT molecular complexity index is 961. The van der Waals surface area contributed by atoms with Gasteiger partial charge in [0.15, 0.2) is 0 Å². The van der Waals surface area contributed by atoms with Crippen LogP contribution in [0.4, 0.5) is 0 Å². The monoisotopic (exact) mass is 445 g/mol. The van der Waals surface area contributed by atoms with Gasteiger partial charge in [0, 0.05) is 6.54 Å². The minimum atomic E-state index is -3.90. The molecule has 0 radical (unpaired) electrons. The summed E-state index contributed by atoms with van der Waals surface area (Å²) in [5.74, 6) is -0.0272. The predicted molar refractivity (Wildman–Crippen MR) is 109 cm³/mol. The molecule has 0 bridgehead atoms. The summed E-state index contributed by atoms with van der Waals surface area (Å²) in [5, 5.41) is -0.0750. The van der Waals surface area contributed by atoms with Crippen molar-refractivity contribution in [3.63, 3.8) is 0 Å². The summed E-state index contributed by atoms with van der Waals surface area (Å²) in [6.07, 6.45) is 0. The molecule has 0 saturated heterocycles. The number of benzene rings is 2. The van der Waals surface area contributed by atoms with Gasteiger partial charge in [-0.2, -0.15) is 0 Å². The molecule has 2 aromatic carbocycles. The van der Waals surface area contributed by atoms with Gasteiger partial charge in [0.1, 0.15) is 17.3 Å². The number of ether oxygens (including phenoxy) is 2. The summed E-state index contributed by atoms with van der Waals surface area (Å²) >= 11 is 12.1. The molecule has 0 heterocycles. The highest BCUT2D eigenvalue weighted by molar-refractivity contribution is 7.89. The molecule has 2 aromatic rings. The van der Waals surface area contributed by atoms with Crippen LogP contribution in [0, 0.1) is 5.92 Å². The van der Waals surface area contributed by atoms with Crippen molar-refractivity contribution in [1.82, 2.24) is 4.72 Å². The van der Waals surface area contributed by atoms with Crippen LogP contribution in [-0.4, -0.2) is 28.0 Å². The molecule has 0 aromatic heterocycles. The Hall–Kier alpha value is -1.80. The molecule has 0 fully saturated rings. The van der Waals surface area contributed by atoms with Crippen LogP contribution in [0.15, 0.2) is 41.3 Å². The first-order valence-corrected chi connectivity index (χ1v) is 10.7. The molecule has 0 atom stereocenters. The highest BCUT2D eigenvalue weighted by atomic mass is 35.5. The summed E-state index contributed by atoms with van der Waals surface area (Å²) in [6, 6.07) is 9.37. The van der Waals surface area contributed by atoms with Gasteiger partial charge in [-0.3, -0.25) is 0 Å². The van der Waals surface area contributed by atoms with E-state index in [0.29, 0.717) is 11.3 Å². The fourth-order valence-electron chi connectivity index (χ4n) is 2.23. The summed E-state index contributed by atoms with van der Waals surface area (Å²) in [6.45, 7) is 3.94. The van der Waals surface area contributed by atoms with Gasteiger partial charge >= 0.3 is 5.97 Å². The maximum absolute atomic E-state index is 12.5. The van der Waals surface area contributed by atoms with E-state index in [1.807, 2.05) is 13.8 Å². The SMILES string of the molecule is COc1cccc(COC(=O)c2cc(S(=O)(=O)NCC(C)C)c(Cl)cc2Cl)c1. The number of sulfonamides is 1. The average molecular weight is 446 g/mol. The summed E-state index contributed by atoms with van der Waals surface area (Å²) in [5.41, 5.74) is 0.628. The number of halogens is 2. The molecule has 0 unspecified atom stereocenters. The van der Waals surface area contributed by atoms with Crippen molar-refractivity contribution < 1.29 is 22.7 Å². The molecular weight excluding hydrogens is 425 g/mol. The number of esters is 1. The summed E-state index contributed by atoms with van der Waals surface area (Å²) in [7, 11) is -2.36. The molecule has 6 nitrogen and oxygen atoms in total. The number of rotatable bonds is 8. The Morgan fingerprint density at radius 3 is 2.50 bits per heavy atom. The van der Waals surface area contributed by atoms with Gasteiger partial charge in [0.2, 0.25) is 10.0 Å². The maximum Gasteiger partial charge on any atom is 0.340 e. The second kappa shape index (κ2) is 9.60. The molecule has 0 aliphatic carbocycles. The third-order valence-electron chi connectivity index (χ3n) is 3.72.